The first kappa shape index (κ1) is 15.0. The van der Waals surface area contributed by atoms with Gasteiger partial charge in [-0.1, -0.05) is 12.1 Å². The maximum absolute atomic E-state index is 5.70. The molecule has 0 radical (unpaired) electrons. The van der Waals surface area contributed by atoms with Gasteiger partial charge < -0.3 is 19.2 Å². The summed E-state index contributed by atoms with van der Waals surface area (Å²) in [6, 6.07) is 15.0. The minimum atomic E-state index is 0.245. The molecular formula is C19H20N2O3. The van der Waals surface area contributed by atoms with Crippen LogP contribution < -0.4 is 14.8 Å². The van der Waals surface area contributed by atoms with Gasteiger partial charge in [-0.25, -0.2) is 0 Å². The van der Waals surface area contributed by atoms with Crippen molar-refractivity contribution in [3.63, 3.8) is 0 Å². The summed E-state index contributed by atoms with van der Waals surface area (Å²) in [6.45, 7) is 2.65. The van der Waals surface area contributed by atoms with Gasteiger partial charge in [0.25, 0.3) is 0 Å². The first-order valence-corrected chi connectivity index (χ1v) is 8.34. The van der Waals surface area contributed by atoms with Crippen LogP contribution in [0.2, 0.25) is 0 Å². The SMILES string of the molecule is c1ccc2oc(Oc3ccc(OCCNCC4CC4)cc3)nc2c1. The van der Waals surface area contributed by atoms with Crippen molar-refractivity contribution < 1.29 is 13.9 Å². The van der Waals surface area contributed by atoms with E-state index in [0.29, 0.717) is 17.9 Å². The molecular weight excluding hydrogens is 304 g/mol. The van der Waals surface area contributed by atoms with Gasteiger partial charge in [0.1, 0.15) is 23.6 Å². The fourth-order valence-electron chi connectivity index (χ4n) is 2.47. The molecule has 1 saturated carbocycles. The number of benzene rings is 2. The number of oxazole rings is 1. The van der Waals surface area contributed by atoms with Crippen LogP contribution in [0, 0.1) is 5.92 Å². The minimum absolute atomic E-state index is 0.245. The molecule has 3 aromatic rings. The lowest BCUT2D eigenvalue weighted by Gasteiger charge is -2.08. The maximum atomic E-state index is 5.70. The lowest BCUT2D eigenvalue weighted by molar-refractivity contribution is 0.311. The molecule has 0 spiro atoms. The molecule has 1 aliphatic carbocycles. The van der Waals surface area contributed by atoms with Crippen molar-refractivity contribution in [1.29, 1.82) is 0 Å². The second kappa shape index (κ2) is 6.93. The summed E-state index contributed by atoms with van der Waals surface area (Å²) < 4.78 is 16.9. The smallest absolute Gasteiger partial charge is 0.400 e. The number of fused-ring (bicyclic) bond motifs is 1. The van der Waals surface area contributed by atoms with Crippen LogP contribution in [-0.2, 0) is 0 Å². The Morgan fingerprint density at radius 2 is 1.83 bits per heavy atom. The summed E-state index contributed by atoms with van der Waals surface area (Å²) in [6.07, 6.45) is 2.99. The Hall–Kier alpha value is -2.53. The molecule has 0 amide bonds. The molecule has 4 rings (SSSR count). The lowest BCUT2D eigenvalue weighted by Crippen LogP contribution is -2.23. The molecule has 0 unspecified atom stereocenters. The van der Waals surface area contributed by atoms with E-state index >= 15 is 0 Å². The molecule has 1 heterocycles. The number of rotatable bonds is 8. The number of hydrogen-bond donors (Lipinski definition) is 1. The van der Waals surface area contributed by atoms with E-state index < -0.39 is 0 Å². The Labute approximate surface area is 140 Å². The molecule has 1 N–H and O–H groups in total. The van der Waals surface area contributed by atoms with Crippen LogP contribution >= 0.6 is 0 Å². The molecule has 5 heteroatoms. The van der Waals surface area contributed by atoms with E-state index in [1.54, 1.807) is 0 Å². The zero-order chi connectivity index (χ0) is 16.2. The standard InChI is InChI=1S/C19H20N2O3/c1-2-4-18-17(3-1)21-19(24-18)23-16-9-7-15(8-10-16)22-12-11-20-13-14-5-6-14/h1-4,7-10,14,20H,5-6,11-13H2. The second-order valence-corrected chi connectivity index (χ2v) is 6.02. The van der Waals surface area contributed by atoms with Gasteiger partial charge in [-0.2, -0.15) is 4.98 Å². The van der Waals surface area contributed by atoms with E-state index in [-0.39, 0.29) is 6.08 Å². The summed E-state index contributed by atoms with van der Waals surface area (Å²) in [5.74, 6) is 2.39. The van der Waals surface area contributed by atoms with Gasteiger partial charge in [-0.05, 0) is 61.7 Å². The van der Waals surface area contributed by atoms with Crippen molar-refractivity contribution in [2.45, 2.75) is 12.8 Å². The van der Waals surface area contributed by atoms with Gasteiger partial charge >= 0.3 is 6.08 Å². The van der Waals surface area contributed by atoms with Gasteiger partial charge in [0.15, 0.2) is 5.58 Å². The zero-order valence-corrected chi connectivity index (χ0v) is 13.4. The molecule has 5 nitrogen and oxygen atoms in total. The average molecular weight is 324 g/mol. The van der Waals surface area contributed by atoms with Gasteiger partial charge in [0.05, 0.1) is 0 Å². The van der Waals surface area contributed by atoms with E-state index in [1.165, 1.54) is 12.8 Å². The Morgan fingerprint density at radius 1 is 1.04 bits per heavy atom. The van der Waals surface area contributed by atoms with E-state index in [9.17, 15) is 0 Å². The molecule has 1 fully saturated rings. The first-order chi connectivity index (χ1) is 11.9. The van der Waals surface area contributed by atoms with Crippen molar-refractivity contribution in [3.05, 3.63) is 48.5 Å². The fourth-order valence-corrected chi connectivity index (χ4v) is 2.47. The fraction of sp³-hybridized carbons (Fsp3) is 0.316. The molecule has 0 aliphatic heterocycles. The van der Waals surface area contributed by atoms with E-state index in [1.807, 2.05) is 48.5 Å². The third-order valence-electron chi connectivity index (χ3n) is 3.98. The molecule has 1 aromatic heterocycles. The van der Waals surface area contributed by atoms with Crippen molar-refractivity contribution in [2.75, 3.05) is 19.7 Å². The molecule has 0 saturated heterocycles. The maximum Gasteiger partial charge on any atom is 0.400 e. The Kier molecular flexibility index (Phi) is 4.34. The van der Waals surface area contributed by atoms with Gasteiger partial charge in [0.2, 0.25) is 0 Å². The van der Waals surface area contributed by atoms with E-state index in [2.05, 4.69) is 10.3 Å². The van der Waals surface area contributed by atoms with Crippen LogP contribution in [0.3, 0.4) is 0 Å². The number of aromatic nitrogens is 1. The topological polar surface area (TPSA) is 56.5 Å². The Balaban J connectivity index is 1.28. The summed E-state index contributed by atoms with van der Waals surface area (Å²) in [4.78, 5) is 4.29. The zero-order valence-electron chi connectivity index (χ0n) is 13.4. The summed E-state index contributed by atoms with van der Waals surface area (Å²) >= 11 is 0. The normalized spacial score (nSPS) is 14.0. The largest absolute Gasteiger partial charge is 0.492 e. The number of para-hydroxylation sites is 2. The highest BCUT2D eigenvalue weighted by molar-refractivity contribution is 5.72. The Bertz CT molecular complexity index is 761. The molecule has 124 valence electrons. The van der Waals surface area contributed by atoms with Crippen LogP contribution in [0.4, 0.5) is 0 Å². The second-order valence-electron chi connectivity index (χ2n) is 6.02. The summed E-state index contributed by atoms with van der Waals surface area (Å²) in [5, 5.41) is 3.40. The van der Waals surface area contributed by atoms with Crippen molar-refractivity contribution in [3.8, 4) is 17.6 Å². The average Bonchev–Trinajstić information content (AvgIpc) is 3.34. The highest BCUT2D eigenvalue weighted by atomic mass is 16.6. The molecule has 2 aromatic carbocycles. The summed E-state index contributed by atoms with van der Waals surface area (Å²) in [7, 11) is 0. The molecule has 1 aliphatic rings. The monoisotopic (exact) mass is 324 g/mol. The third kappa shape index (κ3) is 3.86. The van der Waals surface area contributed by atoms with Crippen LogP contribution in [0.5, 0.6) is 17.6 Å². The number of nitrogens with one attached hydrogen (secondary N) is 1. The van der Waals surface area contributed by atoms with Crippen LogP contribution in [-0.4, -0.2) is 24.7 Å². The first-order valence-electron chi connectivity index (χ1n) is 8.34. The number of nitrogens with zero attached hydrogens (tertiary/aromatic N) is 1. The van der Waals surface area contributed by atoms with Crippen LogP contribution in [0.25, 0.3) is 11.1 Å². The van der Waals surface area contributed by atoms with Crippen LogP contribution in [0.1, 0.15) is 12.8 Å². The molecule has 24 heavy (non-hydrogen) atoms. The molecule has 0 atom stereocenters. The number of hydrogen-bond acceptors (Lipinski definition) is 5. The van der Waals surface area contributed by atoms with Crippen molar-refractivity contribution in [2.24, 2.45) is 5.92 Å². The Morgan fingerprint density at radius 3 is 2.62 bits per heavy atom. The predicted molar refractivity (Wildman–Crippen MR) is 91.6 cm³/mol. The van der Waals surface area contributed by atoms with E-state index in [4.69, 9.17) is 13.9 Å². The molecule has 0 bridgehead atoms. The highest BCUT2D eigenvalue weighted by Gasteiger charge is 2.19. The minimum Gasteiger partial charge on any atom is -0.492 e. The van der Waals surface area contributed by atoms with Crippen LogP contribution in [0.15, 0.2) is 52.9 Å². The third-order valence-corrected chi connectivity index (χ3v) is 3.98. The van der Waals surface area contributed by atoms with Gasteiger partial charge in [-0.15, -0.1) is 0 Å². The van der Waals surface area contributed by atoms with Gasteiger partial charge in [0, 0.05) is 6.54 Å². The lowest BCUT2D eigenvalue weighted by atomic mass is 10.3. The predicted octanol–water partition coefficient (Wildman–Crippen LogP) is 4.00. The number of ether oxygens (including phenoxy) is 2. The van der Waals surface area contributed by atoms with E-state index in [0.717, 1.165) is 30.3 Å². The van der Waals surface area contributed by atoms with Crippen molar-refractivity contribution in [1.82, 2.24) is 10.3 Å². The van der Waals surface area contributed by atoms with Crippen molar-refractivity contribution >= 4 is 11.1 Å². The van der Waals surface area contributed by atoms with Gasteiger partial charge in [-0.3, -0.25) is 0 Å². The highest BCUT2D eigenvalue weighted by Crippen LogP contribution is 2.28. The summed E-state index contributed by atoms with van der Waals surface area (Å²) in [5.41, 5.74) is 1.50. The quantitative estimate of drug-likeness (QED) is 0.635.